The summed E-state index contributed by atoms with van der Waals surface area (Å²) < 4.78 is 15.5. The molecule has 3 aliphatic heterocycles. The Bertz CT molecular complexity index is 650. The van der Waals surface area contributed by atoms with Crippen LogP contribution in [-0.4, -0.2) is 52.2 Å². The molecule has 0 aromatic rings. The lowest BCUT2D eigenvalue weighted by atomic mass is 9.52. The van der Waals surface area contributed by atoms with E-state index in [9.17, 15) is 24.6 Å². The van der Waals surface area contributed by atoms with Crippen LogP contribution in [0, 0.1) is 16.2 Å². The lowest BCUT2D eigenvalue weighted by Crippen LogP contribution is -2.65. The molecule has 4 rings (SSSR count). The molecule has 1 saturated carbocycles. The van der Waals surface area contributed by atoms with Crippen LogP contribution < -0.4 is 0 Å². The zero-order chi connectivity index (χ0) is 17.0. The van der Waals surface area contributed by atoms with Crippen molar-refractivity contribution in [2.45, 2.75) is 57.7 Å². The van der Waals surface area contributed by atoms with Crippen molar-refractivity contribution >= 4 is 17.9 Å². The molecule has 0 bridgehead atoms. The molecule has 1 aliphatic carbocycles. The first-order valence-corrected chi connectivity index (χ1v) is 7.54. The quantitative estimate of drug-likeness (QED) is 0.558. The number of aliphatic hydroxyl groups is 2. The summed E-state index contributed by atoms with van der Waals surface area (Å²) in [6.45, 7) is 5.19. The topological polar surface area (TPSA) is 119 Å². The minimum atomic E-state index is -1.78. The van der Waals surface area contributed by atoms with Gasteiger partial charge in [0, 0.05) is 6.42 Å². The van der Waals surface area contributed by atoms with E-state index in [0.717, 1.165) is 0 Å². The van der Waals surface area contributed by atoms with E-state index in [0.29, 0.717) is 0 Å². The largest absolute Gasteiger partial charge is 0.461 e. The summed E-state index contributed by atoms with van der Waals surface area (Å²) in [5.41, 5.74) is -5.91. The summed E-state index contributed by atoms with van der Waals surface area (Å²) >= 11 is 0. The fourth-order valence-electron chi connectivity index (χ4n) is 5.15. The standard InChI is InChI=1S/C15H18O8/c1-12(2,3)14(20)4-6-13(5-7(16)21-6)10(19)23-11-15(13,14)8(17)9(18)22-11/h6,8,11,17,20H,4-5H2,1-3H3/t6-,8-,11-,13-,14-,15+/m0/s1. The Balaban J connectivity index is 2.05. The van der Waals surface area contributed by atoms with Crippen molar-refractivity contribution in [2.75, 3.05) is 0 Å². The highest BCUT2D eigenvalue weighted by Crippen LogP contribution is 2.75. The van der Waals surface area contributed by atoms with Crippen molar-refractivity contribution < 1.29 is 38.8 Å². The monoisotopic (exact) mass is 326 g/mol. The molecule has 2 spiro atoms. The van der Waals surface area contributed by atoms with Crippen LogP contribution in [0.4, 0.5) is 0 Å². The van der Waals surface area contributed by atoms with Gasteiger partial charge in [-0.05, 0) is 5.41 Å². The van der Waals surface area contributed by atoms with Crippen LogP contribution in [0.2, 0.25) is 0 Å². The van der Waals surface area contributed by atoms with Crippen LogP contribution in [0.3, 0.4) is 0 Å². The summed E-state index contributed by atoms with van der Waals surface area (Å²) in [5.74, 6) is -2.36. The number of hydrogen-bond donors (Lipinski definition) is 2. The lowest BCUT2D eigenvalue weighted by molar-refractivity contribution is -0.224. The van der Waals surface area contributed by atoms with Gasteiger partial charge in [0.15, 0.2) is 6.10 Å². The van der Waals surface area contributed by atoms with Gasteiger partial charge >= 0.3 is 17.9 Å². The van der Waals surface area contributed by atoms with Crippen molar-refractivity contribution in [3.8, 4) is 0 Å². The van der Waals surface area contributed by atoms with E-state index in [2.05, 4.69) is 0 Å². The average Bonchev–Trinajstić information content (AvgIpc) is 3.00. The molecule has 126 valence electrons. The average molecular weight is 326 g/mol. The highest BCUT2D eigenvalue weighted by molar-refractivity contribution is 5.94. The van der Waals surface area contributed by atoms with Gasteiger partial charge in [-0.15, -0.1) is 0 Å². The van der Waals surface area contributed by atoms with E-state index < -0.39 is 58.3 Å². The lowest BCUT2D eigenvalue weighted by Gasteiger charge is -2.49. The number of carbonyl (C=O) groups is 3. The molecule has 0 aromatic carbocycles. The number of aliphatic hydroxyl groups excluding tert-OH is 1. The Kier molecular flexibility index (Phi) is 2.39. The smallest absolute Gasteiger partial charge is 0.339 e. The Hall–Kier alpha value is -1.67. The molecule has 23 heavy (non-hydrogen) atoms. The van der Waals surface area contributed by atoms with Crippen LogP contribution in [0.15, 0.2) is 0 Å². The molecule has 0 amide bonds. The maximum atomic E-state index is 12.6. The molecule has 3 saturated heterocycles. The van der Waals surface area contributed by atoms with Gasteiger partial charge in [0.05, 0.1) is 12.0 Å². The highest BCUT2D eigenvalue weighted by atomic mass is 16.7. The minimum absolute atomic E-state index is 0.0679. The molecular weight excluding hydrogens is 308 g/mol. The van der Waals surface area contributed by atoms with E-state index in [1.54, 1.807) is 20.8 Å². The van der Waals surface area contributed by atoms with Crippen molar-refractivity contribution in [3.63, 3.8) is 0 Å². The summed E-state index contributed by atoms with van der Waals surface area (Å²) in [7, 11) is 0. The Morgan fingerprint density at radius 2 is 1.78 bits per heavy atom. The molecule has 4 aliphatic rings. The first-order chi connectivity index (χ1) is 10.5. The van der Waals surface area contributed by atoms with E-state index in [-0.39, 0.29) is 12.8 Å². The van der Waals surface area contributed by atoms with Crippen molar-refractivity contribution in [1.29, 1.82) is 0 Å². The number of esters is 3. The first-order valence-electron chi connectivity index (χ1n) is 7.54. The summed E-state index contributed by atoms with van der Waals surface area (Å²) in [6.07, 6.45) is -4.58. The van der Waals surface area contributed by atoms with Crippen LogP contribution in [-0.2, 0) is 28.6 Å². The summed E-state index contributed by atoms with van der Waals surface area (Å²) in [5, 5.41) is 22.2. The van der Waals surface area contributed by atoms with E-state index >= 15 is 0 Å². The molecule has 6 atom stereocenters. The molecule has 8 heteroatoms. The fourth-order valence-corrected chi connectivity index (χ4v) is 5.15. The normalized spacial score (nSPS) is 51.0. The maximum absolute atomic E-state index is 12.6. The Morgan fingerprint density at radius 3 is 2.39 bits per heavy atom. The SMILES string of the molecule is CC(C)(C)[C@@]1(O)C[C@@H]2OC(=O)C[C@@]23C(=O)O[C@@H]2OC(=O)[C@H](O)[C@@]231. The van der Waals surface area contributed by atoms with E-state index in [4.69, 9.17) is 14.2 Å². The van der Waals surface area contributed by atoms with Crippen molar-refractivity contribution in [1.82, 2.24) is 0 Å². The van der Waals surface area contributed by atoms with Gasteiger partial charge < -0.3 is 24.4 Å². The van der Waals surface area contributed by atoms with Crippen LogP contribution in [0.1, 0.15) is 33.6 Å². The Morgan fingerprint density at radius 1 is 1.13 bits per heavy atom. The van der Waals surface area contributed by atoms with Crippen LogP contribution in [0.25, 0.3) is 0 Å². The zero-order valence-electron chi connectivity index (χ0n) is 13.0. The molecule has 4 fully saturated rings. The third kappa shape index (κ3) is 1.20. The molecular formula is C15H18O8. The maximum Gasteiger partial charge on any atom is 0.339 e. The summed E-state index contributed by atoms with van der Waals surface area (Å²) in [6, 6.07) is 0. The van der Waals surface area contributed by atoms with Crippen LogP contribution in [0.5, 0.6) is 0 Å². The second-order valence-electron chi connectivity index (χ2n) is 7.89. The van der Waals surface area contributed by atoms with Gasteiger partial charge in [-0.1, -0.05) is 20.8 Å². The van der Waals surface area contributed by atoms with Crippen molar-refractivity contribution in [2.24, 2.45) is 16.2 Å². The third-order valence-corrected chi connectivity index (χ3v) is 6.22. The van der Waals surface area contributed by atoms with Crippen LogP contribution >= 0.6 is 0 Å². The number of carbonyl (C=O) groups excluding carboxylic acids is 3. The third-order valence-electron chi connectivity index (χ3n) is 6.22. The van der Waals surface area contributed by atoms with Gasteiger partial charge in [0.1, 0.15) is 16.9 Å². The second kappa shape index (κ2) is 3.70. The second-order valence-corrected chi connectivity index (χ2v) is 7.89. The minimum Gasteiger partial charge on any atom is -0.461 e. The number of hydrogen-bond acceptors (Lipinski definition) is 8. The molecule has 0 unspecified atom stereocenters. The highest BCUT2D eigenvalue weighted by Gasteiger charge is 2.92. The number of rotatable bonds is 0. The first kappa shape index (κ1) is 14.9. The number of ether oxygens (including phenoxy) is 3. The Labute approximate surface area is 131 Å². The fraction of sp³-hybridized carbons (Fsp3) is 0.800. The van der Waals surface area contributed by atoms with Gasteiger partial charge in [0.2, 0.25) is 0 Å². The van der Waals surface area contributed by atoms with Gasteiger partial charge in [-0.25, -0.2) is 4.79 Å². The molecule has 0 aromatic heterocycles. The van der Waals surface area contributed by atoms with Crippen molar-refractivity contribution in [3.05, 3.63) is 0 Å². The zero-order valence-corrected chi connectivity index (χ0v) is 13.0. The predicted octanol–water partition coefficient (Wildman–Crippen LogP) is -0.744. The molecule has 2 N–H and O–H groups in total. The van der Waals surface area contributed by atoms with Gasteiger partial charge in [-0.2, -0.15) is 0 Å². The van der Waals surface area contributed by atoms with Gasteiger partial charge in [-0.3, -0.25) is 9.59 Å². The van der Waals surface area contributed by atoms with Gasteiger partial charge in [0.25, 0.3) is 6.29 Å². The predicted molar refractivity (Wildman–Crippen MR) is 70.4 cm³/mol. The summed E-state index contributed by atoms with van der Waals surface area (Å²) in [4.78, 5) is 36.5. The van der Waals surface area contributed by atoms with E-state index in [1.807, 2.05) is 0 Å². The molecule has 3 heterocycles. The molecule has 8 nitrogen and oxygen atoms in total. The van der Waals surface area contributed by atoms with E-state index in [1.165, 1.54) is 0 Å². The molecule has 0 radical (unpaired) electrons.